The number of likely N-dealkylation sites (N-methyl/N-ethyl adjacent to an activating group) is 1. The van der Waals surface area contributed by atoms with Crippen LogP contribution in [0.3, 0.4) is 0 Å². The molecule has 1 saturated carbocycles. The van der Waals surface area contributed by atoms with Gasteiger partial charge in [0, 0.05) is 60.4 Å². The SMILES string of the molecule is C[C@@H](NC(=O)[C@H]1CC[C@@H](N)C1)[C@H]1C(=O)N2C(CC(=O)O)=C(S[C@@H]3CNC(C(=O)N(C)C)C3)[C@H](C)[C@H]12. The van der Waals surface area contributed by atoms with Crippen LogP contribution in [0.4, 0.5) is 0 Å². The number of β-lactam (4-membered cyclic amide) rings is 1. The molecule has 10 nitrogen and oxygen atoms in total. The summed E-state index contributed by atoms with van der Waals surface area (Å²) in [6.45, 7) is 4.53. The number of hydrogen-bond acceptors (Lipinski definition) is 7. The van der Waals surface area contributed by atoms with Crippen LogP contribution in [0.1, 0.15) is 46.0 Å². The van der Waals surface area contributed by atoms with Crippen molar-refractivity contribution in [3.63, 3.8) is 0 Å². The fraction of sp³-hybridized carbons (Fsp3) is 0.750. The van der Waals surface area contributed by atoms with E-state index in [0.717, 1.165) is 17.7 Å². The average Bonchev–Trinajstić information content (AvgIpc) is 3.47. The smallest absolute Gasteiger partial charge is 0.309 e. The number of amides is 3. The van der Waals surface area contributed by atoms with Gasteiger partial charge < -0.3 is 31.3 Å². The number of carbonyl (C=O) groups excluding carboxylic acids is 3. The summed E-state index contributed by atoms with van der Waals surface area (Å²) in [6.07, 6.45) is 2.70. The first-order valence-corrected chi connectivity index (χ1v) is 13.3. The standard InChI is InChI=1S/C24H37N5O5S/c1-11-20-19(12(2)27-22(32)13-5-6-14(25)7-13)24(34)29(20)17(9-18(30)31)21(11)35-15-8-16(26-10-15)23(33)28(3)4/h11-16,19-20,26H,5-10,25H2,1-4H3,(H,27,32)(H,30,31)/t11-,12-,13+,14-,15+,16?,19-,20-/m1/s1. The molecule has 0 aromatic heterocycles. The fourth-order valence-electron chi connectivity index (χ4n) is 6.08. The molecule has 8 atom stereocenters. The third-order valence-corrected chi connectivity index (χ3v) is 9.44. The first-order chi connectivity index (χ1) is 16.5. The number of carboxylic acids is 1. The van der Waals surface area contributed by atoms with Crippen LogP contribution >= 0.6 is 11.8 Å². The largest absolute Gasteiger partial charge is 0.481 e. The van der Waals surface area contributed by atoms with Crippen molar-refractivity contribution in [2.75, 3.05) is 20.6 Å². The van der Waals surface area contributed by atoms with Crippen molar-refractivity contribution in [1.82, 2.24) is 20.4 Å². The van der Waals surface area contributed by atoms with E-state index in [1.54, 1.807) is 35.7 Å². The molecule has 4 aliphatic rings. The number of aliphatic carboxylic acids is 1. The number of nitrogens with zero attached hydrogens (tertiary/aromatic N) is 2. The van der Waals surface area contributed by atoms with Gasteiger partial charge in [-0.05, 0) is 32.6 Å². The van der Waals surface area contributed by atoms with Crippen LogP contribution in [-0.2, 0) is 19.2 Å². The van der Waals surface area contributed by atoms with Gasteiger partial charge in [-0.15, -0.1) is 11.8 Å². The zero-order valence-corrected chi connectivity index (χ0v) is 21.6. The molecule has 3 heterocycles. The highest BCUT2D eigenvalue weighted by Gasteiger charge is 2.59. The Balaban J connectivity index is 1.46. The van der Waals surface area contributed by atoms with Gasteiger partial charge in [0.25, 0.3) is 0 Å². The maximum atomic E-state index is 13.2. The van der Waals surface area contributed by atoms with Crippen LogP contribution in [-0.4, -0.2) is 88.7 Å². The zero-order chi connectivity index (χ0) is 25.6. The van der Waals surface area contributed by atoms with Gasteiger partial charge >= 0.3 is 5.97 Å². The van der Waals surface area contributed by atoms with E-state index in [1.807, 2.05) is 13.8 Å². The maximum Gasteiger partial charge on any atom is 0.309 e. The Morgan fingerprint density at radius 1 is 1.29 bits per heavy atom. The van der Waals surface area contributed by atoms with Gasteiger partial charge in [0.15, 0.2) is 0 Å². The second-order valence-corrected chi connectivity index (χ2v) is 12.0. The van der Waals surface area contributed by atoms with Crippen LogP contribution in [0.2, 0.25) is 0 Å². The summed E-state index contributed by atoms with van der Waals surface area (Å²) in [5, 5.41) is 16.0. The van der Waals surface area contributed by atoms with Gasteiger partial charge in [0.05, 0.1) is 24.4 Å². The topological polar surface area (TPSA) is 145 Å². The molecule has 3 fully saturated rings. The first-order valence-electron chi connectivity index (χ1n) is 12.4. The summed E-state index contributed by atoms with van der Waals surface area (Å²) < 4.78 is 0. The Bertz CT molecular complexity index is 939. The summed E-state index contributed by atoms with van der Waals surface area (Å²) in [4.78, 5) is 54.1. The molecule has 0 spiro atoms. The van der Waals surface area contributed by atoms with Crippen molar-refractivity contribution in [2.24, 2.45) is 23.5 Å². The normalized spacial score (nSPS) is 35.1. The second-order valence-electron chi connectivity index (χ2n) is 10.6. The highest BCUT2D eigenvalue weighted by Crippen LogP contribution is 2.52. The monoisotopic (exact) mass is 507 g/mol. The van der Waals surface area contributed by atoms with E-state index < -0.39 is 11.9 Å². The summed E-state index contributed by atoms with van der Waals surface area (Å²) in [7, 11) is 3.46. The molecule has 3 amide bonds. The molecule has 2 saturated heterocycles. The number of rotatable bonds is 8. The van der Waals surface area contributed by atoms with Crippen molar-refractivity contribution in [3.05, 3.63) is 10.6 Å². The average molecular weight is 508 g/mol. The lowest BCUT2D eigenvalue weighted by Gasteiger charge is -2.48. The highest BCUT2D eigenvalue weighted by atomic mass is 32.2. The summed E-state index contributed by atoms with van der Waals surface area (Å²) in [5.74, 6) is -1.68. The minimum Gasteiger partial charge on any atom is -0.481 e. The number of carbonyl (C=O) groups is 4. The summed E-state index contributed by atoms with van der Waals surface area (Å²) in [6, 6.07) is -0.722. The third-order valence-electron chi connectivity index (χ3n) is 7.88. The lowest BCUT2D eigenvalue weighted by atomic mass is 9.78. The maximum absolute atomic E-state index is 13.2. The lowest BCUT2D eigenvalue weighted by molar-refractivity contribution is -0.155. The fourth-order valence-corrected chi connectivity index (χ4v) is 7.56. The van der Waals surface area contributed by atoms with Gasteiger partial charge in [-0.2, -0.15) is 0 Å². The van der Waals surface area contributed by atoms with Gasteiger partial charge in [-0.1, -0.05) is 6.92 Å². The summed E-state index contributed by atoms with van der Waals surface area (Å²) in [5.41, 5.74) is 6.52. The van der Waals surface area contributed by atoms with E-state index in [0.29, 0.717) is 25.1 Å². The van der Waals surface area contributed by atoms with Crippen LogP contribution in [0.5, 0.6) is 0 Å². The number of hydrogen-bond donors (Lipinski definition) is 4. The van der Waals surface area contributed by atoms with Gasteiger partial charge in [0.1, 0.15) is 0 Å². The molecular formula is C24H37N5O5S. The van der Waals surface area contributed by atoms with Gasteiger partial charge in [-0.3, -0.25) is 19.2 Å². The van der Waals surface area contributed by atoms with Crippen molar-refractivity contribution in [3.8, 4) is 0 Å². The highest BCUT2D eigenvalue weighted by molar-refractivity contribution is 8.03. The lowest BCUT2D eigenvalue weighted by Crippen LogP contribution is -2.66. The molecule has 5 N–H and O–H groups in total. The molecular weight excluding hydrogens is 470 g/mol. The van der Waals surface area contributed by atoms with Gasteiger partial charge in [-0.25, -0.2) is 0 Å². The summed E-state index contributed by atoms with van der Waals surface area (Å²) >= 11 is 1.59. The molecule has 0 aromatic carbocycles. The number of thioether (sulfide) groups is 1. The molecule has 11 heteroatoms. The minimum atomic E-state index is -0.980. The molecule has 3 aliphatic heterocycles. The van der Waals surface area contributed by atoms with E-state index in [-0.39, 0.29) is 65.4 Å². The third kappa shape index (κ3) is 4.95. The zero-order valence-electron chi connectivity index (χ0n) is 20.8. The molecule has 1 aliphatic carbocycles. The number of nitrogens with two attached hydrogens (primary N) is 1. The molecule has 0 radical (unpaired) electrons. The Morgan fingerprint density at radius 3 is 2.60 bits per heavy atom. The van der Waals surface area contributed by atoms with Gasteiger partial charge in [0.2, 0.25) is 17.7 Å². The van der Waals surface area contributed by atoms with Crippen molar-refractivity contribution >= 4 is 35.5 Å². The Kier molecular flexibility index (Phi) is 7.49. The predicted octanol–water partition coefficient (Wildman–Crippen LogP) is 0.333. The van der Waals surface area contributed by atoms with Crippen LogP contribution in [0.15, 0.2) is 10.6 Å². The van der Waals surface area contributed by atoms with E-state index in [9.17, 15) is 24.3 Å². The second kappa shape index (κ2) is 10.1. The van der Waals surface area contributed by atoms with E-state index >= 15 is 0 Å². The minimum absolute atomic E-state index is 0.0270. The van der Waals surface area contributed by atoms with Crippen LogP contribution < -0.4 is 16.4 Å². The molecule has 194 valence electrons. The van der Waals surface area contributed by atoms with Crippen LogP contribution in [0.25, 0.3) is 0 Å². The Labute approximate surface area is 210 Å². The molecule has 35 heavy (non-hydrogen) atoms. The molecule has 4 rings (SSSR count). The van der Waals surface area contributed by atoms with Crippen molar-refractivity contribution < 1.29 is 24.3 Å². The molecule has 0 bridgehead atoms. The Hall–Kier alpha value is -2.11. The first kappa shape index (κ1) is 26.0. The van der Waals surface area contributed by atoms with E-state index in [2.05, 4.69) is 10.6 Å². The van der Waals surface area contributed by atoms with E-state index in [1.165, 1.54) is 0 Å². The Morgan fingerprint density at radius 2 is 2.00 bits per heavy atom. The molecule has 1 unspecified atom stereocenters. The number of fused-ring (bicyclic) bond motifs is 1. The quantitative estimate of drug-likeness (QED) is 0.344. The van der Waals surface area contributed by atoms with Crippen molar-refractivity contribution in [1.29, 1.82) is 0 Å². The molecule has 0 aromatic rings. The number of nitrogens with one attached hydrogen (secondary N) is 2. The van der Waals surface area contributed by atoms with Crippen LogP contribution in [0, 0.1) is 17.8 Å². The van der Waals surface area contributed by atoms with E-state index in [4.69, 9.17) is 5.73 Å². The predicted molar refractivity (Wildman–Crippen MR) is 132 cm³/mol. The van der Waals surface area contributed by atoms with Crippen molar-refractivity contribution in [2.45, 2.75) is 75.4 Å². The number of carboxylic acid groups (broad SMARTS) is 1.